The predicted molar refractivity (Wildman–Crippen MR) is 130 cm³/mol. The van der Waals surface area contributed by atoms with Crippen LogP contribution in [0.5, 0.6) is 0 Å². The molecule has 3 heterocycles. The zero-order valence-corrected chi connectivity index (χ0v) is 20.7. The second-order valence-corrected chi connectivity index (χ2v) is 9.94. The molecule has 3 aliphatic rings. The number of likely N-dealkylation sites (N-methyl/N-ethyl adjacent to an activating group) is 1. The third-order valence-corrected chi connectivity index (χ3v) is 7.80. The molecule has 0 bridgehead atoms. The third kappa shape index (κ3) is 6.29. The first-order valence-corrected chi connectivity index (χ1v) is 12.8. The predicted octanol–water partition coefficient (Wildman–Crippen LogP) is 2.19. The van der Waals surface area contributed by atoms with Crippen molar-refractivity contribution in [3.8, 4) is 0 Å². The maximum Gasteiger partial charge on any atom is 0.411 e. The maximum atomic E-state index is 12.0. The van der Waals surface area contributed by atoms with Gasteiger partial charge in [0.15, 0.2) is 6.23 Å². The average molecular weight is 473 g/mol. The summed E-state index contributed by atoms with van der Waals surface area (Å²) in [7, 11) is 3.26. The molecule has 3 saturated heterocycles. The Hall–Kier alpha value is -2.16. The highest BCUT2D eigenvalue weighted by molar-refractivity contribution is 5.69. The molecule has 3 fully saturated rings. The minimum Gasteiger partial charge on any atom is -0.469 e. The van der Waals surface area contributed by atoms with Crippen LogP contribution in [0.1, 0.15) is 31.2 Å². The highest BCUT2D eigenvalue weighted by atomic mass is 16.6. The number of hydrogen-bond donors (Lipinski definition) is 1. The number of carbonyl (C=O) groups excluding carboxylic acids is 2. The lowest BCUT2D eigenvalue weighted by molar-refractivity contribution is -0.140. The van der Waals surface area contributed by atoms with E-state index in [1.54, 1.807) is 11.9 Å². The number of ether oxygens (including phenoxy) is 2. The lowest BCUT2D eigenvalue weighted by Crippen LogP contribution is -2.60. The monoisotopic (exact) mass is 472 g/mol. The van der Waals surface area contributed by atoms with Crippen molar-refractivity contribution in [3.63, 3.8) is 0 Å². The molecule has 3 aliphatic heterocycles. The van der Waals surface area contributed by atoms with Gasteiger partial charge < -0.3 is 19.7 Å². The SMILES string of the molecule is COC(=O)CCCN1CCN(C2CN(C)C(=O)O2)CC1C(Cc1ccccc1)C1CCNCC1. The summed E-state index contributed by atoms with van der Waals surface area (Å²) in [6.07, 6.45) is 4.25. The smallest absolute Gasteiger partial charge is 0.411 e. The quantitative estimate of drug-likeness (QED) is 0.552. The molecule has 0 saturated carbocycles. The van der Waals surface area contributed by atoms with Crippen molar-refractivity contribution in [3.05, 3.63) is 35.9 Å². The normalized spacial score (nSPS) is 25.8. The number of methoxy groups -OCH3 is 1. The number of amides is 1. The molecule has 8 nitrogen and oxygen atoms in total. The number of piperidine rings is 1. The molecular weight excluding hydrogens is 432 g/mol. The summed E-state index contributed by atoms with van der Waals surface area (Å²) in [4.78, 5) is 30.4. The van der Waals surface area contributed by atoms with Crippen LogP contribution in [0.2, 0.25) is 0 Å². The van der Waals surface area contributed by atoms with E-state index in [0.29, 0.717) is 30.8 Å². The number of hydrogen-bond acceptors (Lipinski definition) is 7. The van der Waals surface area contributed by atoms with Crippen molar-refractivity contribution in [1.82, 2.24) is 20.0 Å². The van der Waals surface area contributed by atoms with Crippen molar-refractivity contribution in [2.45, 2.75) is 44.4 Å². The summed E-state index contributed by atoms with van der Waals surface area (Å²) in [5, 5.41) is 3.53. The number of rotatable bonds is 9. The minimum absolute atomic E-state index is 0.143. The fourth-order valence-corrected chi connectivity index (χ4v) is 5.86. The molecule has 0 spiro atoms. The van der Waals surface area contributed by atoms with Gasteiger partial charge in [0.1, 0.15) is 0 Å². The zero-order chi connectivity index (χ0) is 23.9. The summed E-state index contributed by atoms with van der Waals surface area (Å²) in [5.74, 6) is 0.999. The largest absolute Gasteiger partial charge is 0.469 e. The van der Waals surface area contributed by atoms with Crippen molar-refractivity contribution in [1.29, 1.82) is 0 Å². The van der Waals surface area contributed by atoms with Gasteiger partial charge in [0.2, 0.25) is 0 Å². The van der Waals surface area contributed by atoms with E-state index in [4.69, 9.17) is 9.47 Å². The van der Waals surface area contributed by atoms with Gasteiger partial charge in [0.25, 0.3) is 0 Å². The van der Waals surface area contributed by atoms with Gasteiger partial charge in [-0.05, 0) is 62.7 Å². The first-order chi connectivity index (χ1) is 16.5. The lowest BCUT2D eigenvalue weighted by atomic mass is 9.75. The second-order valence-electron chi connectivity index (χ2n) is 9.94. The number of piperazine rings is 1. The maximum absolute atomic E-state index is 12.0. The number of carbonyl (C=O) groups is 2. The van der Waals surface area contributed by atoms with Crippen molar-refractivity contribution in [2.24, 2.45) is 11.8 Å². The summed E-state index contributed by atoms with van der Waals surface area (Å²) in [6.45, 7) is 6.30. The topological polar surface area (TPSA) is 74.4 Å². The fourth-order valence-electron chi connectivity index (χ4n) is 5.86. The molecule has 188 valence electrons. The number of cyclic esters (lactones) is 1. The van der Waals surface area contributed by atoms with Crippen LogP contribution in [0, 0.1) is 11.8 Å². The Bertz CT molecular complexity index is 801. The van der Waals surface area contributed by atoms with E-state index in [1.165, 1.54) is 25.5 Å². The molecular formula is C26H40N4O4. The molecule has 0 aromatic heterocycles. The van der Waals surface area contributed by atoms with Crippen LogP contribution in [-0.4, -0.2) is 99.0 Å². The van der Waals surface area contributed by atoms with E-state index < -0.39 is 0 Å². The van der Waals surface area contributed by atoms with E-state index in [0.717, 1.165) is 52.1 Å². The van der Waals surface area contributed by atoms with E-state index in [2.05, 4.69) is 45.4 Å². The van der Waals surface area contributed by atoms with Crippen LogP contribution in [-0.2, 0) is 20.7 Å². The lowest BCUT2D eigenvalue weighted by Gasteiger charge is -2.48. The Morgan fingerprint density at radius 2 is 1.94 bits per heavy atom. The van der Waals surface area contributed by atoms with Gasteiger partial charge in [0, 0.05) is 39.1 Å². The van der Waals surface area contributed by atoms with Gasteiger partial charge >= 0.3 is 12.1 Å². The Morgan fingerprint density at radius 1 is 1.18 bits per heavy atom. The summed E-state index contributed by atoms with van der Waals surface area (Å²) in [6, 6.07) is 11.2. The molecule has 3 unspecified atom stereocenters. The van der Waals surface area contributed by atoms with Gasteiger partial charge in [-0.25, -0.2) is 4.79 Å². The van der Waals surface area contributed by atoms with Gasteiger partial charge in [-0.1, -0.05) is 30.3 Å². The molecule has 1 aromatic rings. The molecule has 0 radical (unpaired) electrons. The Morgan fingerprint density at radius 3 is 2.62 bits per heavy atom. The van der Waals surface area contributed by atoms with Gasteiger partial charge in [-0.3, -0.25) is 14.6 Å². The first-order valence-electron chi connectivity index (χ1n) is 12.8. The highest BCUT2D eigenvalue weighted by Gasteiger charge is 2.41. The molecule has 3 atom stereocenters. The van der Waals surface area contributed by atoms with Crippen LogP contribution >= 0.6 is 0 Å². The first kappa shape index (κ1) is 24.9. The van der Waals surface area contributed by atoms with Crippen LogP contribution in [0.4, 0.5) is 4.79 Å². The van der Waals surface area contributed by atoms with Gasteiger partial charge in [0.05, 0.1) is 13.7 Å². The molecule has 4 rings (SSSR count). The second kappa shape index (κ2) is 12.0. The summed E-state index contributed by atoms with van der Waals surface area (Å²) in [5.41, 5.74) is 1.38. The molecule has 1 aromatic carbocycles. The molecule has 8 heteroatoms. The number of benzene rings is 1. The van der Waals surface area contributed by atoms with Crippen LogP contribution < -0.4 is 5.32 Å². The standard InChI is InChI=1S/C26H40N4O4/c1-28-19-24(34-26(28)32)30-16-15-29(14-6-9-25(31)33-2)23(18-30)22(21-10-12-27-13-11-21)17-20-7-4-3-5-8-20/h3-5,7-8,21-24,27H,6,9-19H2,1-2H3. The van der Waals surface area contributed by atoms with Crippen molar-refractivity contribution >= 4 is 12.1 Å². The molecule has 1 amide bonds. The Balaban J connectivity index is 1.54. The van der Waals surface area contributed by atoms with E-state index in [1.807, 2.05) is 0 Å². The number of nitrogens with one attached hydrogen (secondary N) is 1. The number of esters is 1. The minimum atomic E-state index is -0.235. The van der Waals surface area contributed by atoms with E-state index in [9.17, 15) is 9.59 Å². The van der Waals surface area contributed by atoms with Crippen molar-refractivity contribution < 1.29 is 19.1 Å². The highest BCUT2D eigenvalue weighted by Crippen LogP contribution is 2.33. The van der Waals surface area contributed by atoms with Crippen molar-refractivity contribution in [2.75, 3.05) is 60.0 Å². The third-order valence-electron chi connectivity index (χ3n) is 7.80. The average Bonchev–Trinajstić information content (AvgIpc) is 3.21. The molecule has 1 N–H and O–H groups in total. The van der Waals surface area contributed by atoms with Crippen LogP contribution in [0.3, 0.4) is 0 Å². The zero-order valence-electron chi connectivity index (χ0n) is 20.7. The summed E-state index contributed by atoms with van der Waals surface area (Å²) >= 11 is 0. The van der Waals surface area contributed by atoms with E-state index >= 15 is 0 Å². The number of nitrogens with zero attached hydrogens (tertiary/aromatic N) is 3. The van der Waals surface area contributed by atoms with E-state index in [-0.39, 0.29) is 18.3 Å². The van der Waals surface area contributed by atoms with Gasteiger partial charge in [-0.2, -0.15) is 0 Å². The summed E-state index contributed by atoms with van der Waals surface area (Å²) < 4.78 is 10.6. The van der Waals surface area contributed by atoms with Gasteiger partial charge in [-0.15, -0.1) is 0 Å². The Kier molecular flexibility index (Phi) is 8.80. The Labute approximate surface area is 203 Å². The van der Waals surface area contributed by atoms with Crippen LogP contribution in [0.25, 0.3) is 0 Å². The molecule has 34 heavy (non-hydrogen) atoms. The molecule has 0 aliphatic carbocycles. The fraction of sp³-hybridized carbons (Fsp3) is 0.692. The van der Waals surface area contributed by atoms with Crippen LogP contribution in [0.15, 0.2) is 30.3 Å².